The molecule has 82 valence electrons. The van der Waals surface area contributed by atoms with Gasteiger partial charge in [0, 0.05) is 0 Å². The molecular weight excluding hydrogens is 206 g/mol. The quantitative estimate of drug-likeness (QED) is 0.770. The molecule has 0 radical (unpaired) electrons. The van der Waals surface area contributed by atoms with Crippen LogP contribution in [0.4, 0.5) is 0 Å². The molecule has 1 heteroatoms. The van der Waals surface area contributed by atoms with Crippen LogP contribution in [0, 0.1) is 11.3 Å². The Morgan fingerprint density at radius 3 is 2.59 bits per heavy atom. The predicted molar refractivity (Wildman–Crippen MR) is 70.3 cm³/mol. The second-order valence-electron chi connectivity index (χ2n) is 3.83. The molecule has 0 aromatic heterocycles. The van der Waals surface area contributed by atoms with Crippen LogP contribution in [-0.4, -0.2) is 0 Å². The van der Waals surface area contributed by atoms with Crippen molar-refractivity contribution in [3.8, 4) is 6.07 Å². The van der Waals surface area contributed by atoms with E-state index < -0.39 is 0 Å². The van der Waals surface area contributed by atoms with Crippen molar-refractivity contribution in [1.82, 2.24) is 0 Å². The topological polar surface area (TPSA) is 23.8 Å². The Kier molecular flexibility index (Phi) is 3.72. The molecule has 0 saturated heterocycles. The highest BCUT2D eigenvalue weighted by Crippen LogP contribution is 2.07. The van der Waals surface area contributed by atoms with Gasteiger partial charge in [0.05, 0.1) is 11.6 Å². The van der Waals surface area contributed by atoms with E-state index in [1.165, 1.54) is 5.56 Å². The highest BCUT2D eigenvalue weighted by Gasteiger charge is 1.91. The Balaban J connectivity index is 2.04. The van der Waals surface area contributed by atoms with Gasteiger partial charge in [0.2, 0.25) is 0 Å². The van der Waals surface area contributed by atoms with Crippen molar-refractivity contribution in [1.29, 1.82) is 5.26 Å². The molecule has 0 unspecified atom stereocenters. The van der Waals surface area contributed by atoms with Crippen LogP contribution in [0.15, 0.2) is 60.7 Å². The molecule has 0 bridgehead atoms. The Morgan fingerprint density at radius 2 is 1.82 bits per heavy atom. The Bertz CT molecular complexity index is 547. The zero-order chi connectivity index (χ0) is 11.9. The first-order chi connectivity index (χ1) is 8.38. The second kappa shape index (κ2) is 5.67. The van der Waals surface area contributed by atoms with E-state index in [2.05, 4.69) is 24.3 Å². The lowest BCUT2D eigenvalue weighted by molar-refractivity contribution is 1.28. The van der Waals surface area contributed by atoms with Gasteiger partial charge in [-0.3, -0.25) is 0 Å². The summed E-state index contributed by atoms with van der Waals surface area (Å²) in [7, 11) is 0. The third-order valence-corrected chi connectivity index (χ3v) is 2.52. The molecule has 0 aliphatic rings. The molecule has 0 fully saturated rings. The number of rotatable bonds is 3. The van der Waals surface area contributed by atoms with E-state index in [0.717, 1.165) is 12.0 Å². The summed E-state index contributed by atoms with van der Waals surface area (Å²) in [5.41, 5.74) is 3.06. The van der Waals surface area contributed by atoms with Gasteiger partial charge in [0.15, 0.2) is 0 Å². The fraction of sp³-hybridized carbons (Fsp3) is 0.0625. The van der Waals surface area contributed by atoms with Crippen molar-refractivity contribution in [2.75, 3.05) is 0 Å². The lowest BCUT2D eigenvalue weighted by Gasteiger charge is -1.96. The van der Waals surface area contributed by atoms with E-state index >= 15 is 0 Å². The van der Waals surface area contributed by atoms with Crippen LogP contribution in [0.25, 0.3) is 6.08 Å². The smallest absolute Gasteiger partial charge is 0.0991 e. The highest BCUT2D eigenvalue weighted by atomic mass is 14.2. The summed E-state index contributed by atoms with van der Waals surface area (Å²) in [5.74, 6) is 0. The maximum Gasteiger partial charge on any atom is 0.0991 e. The largest absolute Gasteiger partial charge is 0.192 e. The summed E-state index contributed by atoms with van der Waals surface area (Å²) in [6.45, 7) is 0. The maximum absolute atomic E-state index is 8.79. The molecule has 0 N–H and O–H groups in total. The van der Waals surface area contributed by atoms with Crippen LogP contribution in [0.2, 0.25) is 0 Å². The fourth-order valence-corrected chi connectivity index (χ4v) is 1.66. The Hall–Kier alpha value is -2.33. The van der Waals surface area contributed by atoms with Crippen LogP contribution in [0.5, 0.6) is 0 Å². The minimum Gasteiger partial charge on any atom is -0.192 e. The number of hydrogen-bond acceptors (Lipinski definition) is 1. The van der Waals surface area contributed by atoms with E-state index in [9.17, 15) is 0 Å². The Morgan fingerprint density at radius 1 is 1.00 bits per heavy atom. The number of nitriles is 1. The van der Waals surface area contributed by atoms with Crippen molar-refractivity contribution in [3.05, 3.63) is 77.4 Å². The first-order valence-electron chi connectivity index (χ1n) is 5.59. The molecule has 0 heterocycles. The average Bonchev–Trinajstić information content (AvgIpc) is 2.40. The molecule has 1 nitrogen and oxygen atoms in total. The number of allylic oxidation sites excluding steroid dienone is 1. The van der Waals surface area contributed by atoms with Gasteiger partial charge in [0.25, 0.3) is 0 Å². The molecule has 0 aliphatic carbocycles. The number of benzene rings is 2. The summed E-state index contributed by atoms with van der Waals surface area (Å²) in [5, 5.41) is 8.79. The van der Waals surface area contributed by atoms with Crippen LogP contribution in [0.3, 0.4) is 0 Å². The van der Waals surface area contributed by atoms with Gasteiger partial charge in [-0.25, -0.2) is 0 Å². The van der Waals surface area contributed by atoms with Gasteiger partial charge >= 0.3 is 0 Å². The molecule has 0 aliphatic heterocycles. The van der Waals surface area contributed by atoms with E-state index in [0.29, 0.717) is 5.56 Å². The molecule has 0 spiro atoms. The van der Waals surface area contributed by atoms with Gasteiger partial charge in [-0.1, -0.05) is 54.6 Å². The molecule has 0 amide bonds. The fourth-order valence-electron chi connectivity index (χ4n) is 1.66. The SMILES string of the molecule is N#Cc1cccc(/C=C/Cc2ccccc2)c1. The lowest BCUT2D eigenvalue weighted by Crippen LogP contribution is -1.79. The van der Waals surface area contributed by atoms with Gasteiger partial charge < -0.3 is 0 Å². The summed E-state index contributed by atoms with van der Waals surface area (Å²) >= 11 is 0. The van der Waals surface area contributed by atoms with E-state index in [1.54, 1.807) is 0 Å². The molecule has 2 rings (SSSR count). The van der Waals surface area contributed by atoms with Gasteiger partial charge in [0.1, 0.15) is 0 Å². The molecule has 2 aromatic carbocycles. The van der Waals surface area contributed by atoms with Crippen LogP contribution in [-0.2, 0) is 6.42 Å². The highest BCUT2D eigenvalue weighted by molar-refractivity contribution is 5.52. The number of hydrogen-bond donors (Lipinski definition) is 0. The summed E-state index contributed by atoms with van der Waals surface area (Å²) in [4.78, 5) is 0. The van der Waals surface area contributed by atoms with Crippen molar-refractivity contribution < 1.29 is 0 Å². The second-order valence-corrected chi connectivity index (χ2v) is 3.83. The molecule has 2 aromatic rings. The molecule has 0 saturated carbocycles. The van der Waals surface area contributed by atoms with E-state index in [-0.39, 0.29) is 0 Å². The Labute approximate surface area is 102 Å². The average molecular weight is 219 g/mol. The van der Waals surface area contributed by atoms with Gasteiger partial charge in [-0.2, -0.15) is 5.26 Å². The van der Waals surface area contributed by atoms with Crippen molar-refractivity contribution >= 4 is 6.08 Å². The third kappa shape index (κ3) is 3.32. The first-order valence-corrected chi connectivity index (χ1v) is 5.59. The van der Waals surface area contributed by atoms with E-state index in [4.69, 9.17) is 5.26 Å². The standard InChI is InChI=1S/C16H13N/c17-13-16-11-5-10-15(12-16)9-4-8-14-6-2-1-3-7-14/h1-7,9-12H,8H2/b9-4+. The monoisotopic (exact) mass is 219 g/mol. The zero-order valence-electron chi connectivity index (χ0n) is 9.51. The van der Waals surface area contributed by atoms with Crippen LogP contribution >= 0.6 is 0 Å². The summed E-state index contributed by atoms with van der Waals surface area (Å²) in [6.07, 6.45) is 5.08. The minimum absolute atomic E-state index is 0.701. The number of nitrogens with zero attached hydrogens (tertiary/aromatic N) is 1. The van der Waals surface area contributed by atoms with Gasteiger partial charge in [-0.05, 0) is 29.7 Å². The van der Waals surface area contributed by atoms with Crippen molar-refractivity contribution in [2.24, 2.45) is 0 Å². The van der Waals surface area contributed by atoms with Gasteiger partial charge in [-0.15, -0.1) is 0 Å². The summed E-state index contributed by atoms with van der Waals surface area (Å²) < 4.78 is 0. The molecule has 17 heavy (non-hydrogen) atoms. The minimum atomic E-state index is 0.701. The predicted octanol–water partition coefficient (Wildman–Crippen LogP) is 3.81. The summed E-state index contributed by atoms with van der Waals surface area (Å²) in [6, 6.07) is 20.1. The first kappa shape index (κ1) is 11.2. The zero-order valence-corrected chi connectivity index (χ0v) is 9.51. The normalized spacial score (nSPS) is 10.3. The van der Waals surface area contributed by atoms with E-state index in [1.807, 2.05) is 48.5 Å². The third-order valence-electron chi connectivity index (χ3n) is 2.52. The molecular formula is C16H13N. The lowest BCUT2D eigenvalue weighted by atomic mass is 10.1. The molecule has 0 atom stereocenters. The van der Waals surface area contributed by atoms with Crippen LogP contribution < -0.4 is 0 Å². The van der Waals surface area contributed by atoms with Crippen LogP contribution in [0.1, 0.15) is 16.7 Å². The van der Waals surface area contributed by atoms with Crippen molar-refractivity contribution in [2.45, 2.75) is 6.42 Å². The maximum atomic E-state index is 8.79. The van der Waals surface area contributed by atoms with Crippen molar-refractivity contribution in [3.63, 3.8) is 0 Å².